The number of benzene rings is 2. The molecule has 5 rings (SSSR count). The third-order valence-electron chi connectivity index (χ3n) is 6.97. The molecule has 6 nitrogen and oxygen atoms in total. The van der Waals surface area contributed by atoms with Gasteiger partial charge in [-0.05, 0) is 85.0 Å². The van der Waals surface area contributed by atoms with Gasteiger partial charge in [-0.25, -0.2) is 8.78 Å². The topological polar surface area (TPSA) is 83.3 Å². The second-order valence-electron chi connectivity index (χ2n) is 9.76. The van der Waals surface area contributed by atoms with Gasteiger partial charge in [-0.2, -0.15) is 0 Å². The fraction of sp³-hybridized carbons (Fsp3) is 0.444. The summed E-state index contributed by atoms with van der Waals surface area (Å²) in [7, 11) is 1.62. The van der Waals surface area contributed by atoms with E-state index in [4.69, 9.17) is 22.4 Å². The van der Waals surface area contributed by atoms with E-state index in [1.807, 2.05) is 18.2 Å². The summed E-state index contributed by atoms with van der Waals surface area (Å²) in [4.78, 5) is 16.1. The van der Waals surface area contributed by atoms with Gasteiger partial charge in [0, 0.05) is 35.8 Å². The van der Waals surface area contributed by atoms with Crippen molar-refractivity contribution in [3.8, 4) is 0 Å². The van der Waals surface area contributed by atoms with Crippen molar-refractivity contribution in [2.45, 2.75) is 56.5 Å². The van der Waals surface area contributed by atoms with Crippen molar-refractivity contribution >= 4 is 35.9 Å². The summed E-state index contributed by atoms with van der Waals surface area (Å²) in [6, 6.07) is 11.2. The Morgan fingerprint density at radius 3 is 2.50 bits per heavy atom. The van der Waals surface area contributed by atoms with Gasteiger partial charge in [-0.15, -0.1) is 11.6 Å². The highest BCUT2D eigenvalue weighted by Crippen LogP contribution is 2.42. The summed E-state index contributed by atoms with van der Waals surface area (Å²) >= 11 is 6.12. The van der Waals surface area contributed by atoms with Crippen LogP contribution in [0.2, 0.25) is 0 Å². The first kappa shape index (κ1) is 26.2. The molecule has 2 saturated carbocycles. The summed E-state index contributed by atoms with van der Waals surface area (Å²) in [5, 5.41) is 16.5. The molecule has 0 unspecified atom stereocenters. The molecule has 0 atom stereocenters. The zero-order valence-corrected chi connectivity index (χ0v) is 21.1. The Morgan fingerprint density at radius 2 is 1.92 bits per heavy atom. The third-order valence-corrected chi connectivity index (χ3v) is 7.33. The highest BCUT2D eigenvalue weighted by atomic mass is 35.5. The van der Waals surface area contributed by atoms with Gasteiger partial charge in [0.1, 0.15) is 0 Å². The number of nitrogens with zero attached hydrogens (tertiary/aromatic N) is 2. The van der Waals surface area contributed by atoms with Crippen LogP contribution < -0.4 is 10.2 Å². The van der Waals surface area contributed by atoms with Crippen molar-refractivity contribution < 1.29 is 13.6 Å². The monoisotopic (exact) mass is 515 g/mol. The molecule has 3 N–H and O–H groups in total. The average Bonchev–Trinajstić information content (AvgIpc) is 3.63. The number of carbonyl (C=O) groups is 1. The molecule has 9 heteroatoms. The third kappa shape index (κ3) is 6.10. The number of anilines is 1. The van der Waals surface area contributed by atoms with Crippen LogP contribution in [0.1, 0.15) is 70.6 Å². The van der Waals surface area contributed by atoms with Gasteiger partial charge in [0.15, 0.2) is 0 Å². The lowest BCUT2D eigenvalue weighted by molar-refractivity contribution is 0.0996. The minimum atomic E-state index is -2.60. The molecule has 36 heavy (non-hydrogen) atoms. The normalized spacial score (nSPS) is 20.4. The van der Waals surface area contributed by atoms with Gasteiger partial charge in [-0.1, -0.05) is 12.1 Å². The van der Waals surface area contributed by atoms with Crippen molar-refractivity contribution in [1.82, 2.24) is 10.2 Å². The zero-order valence-electron chi connectivity index (χ0n) is 20.3. The molecule has 1 heterocycles. The first-order valence-corrected chi connectivity index (χ1v) is 12.7. The number of amides is 1. The van der Waals surface area contributed by atoms with E-state index < -0.39 is 6.43 Å². The lowest BCUT2D eigenvalue weighted by Gasteiger charge is -2.32. The van der Waals surface area contributed by atoms with Crippen molar-refractivity contribution in [3.05, 3.63) is 64.2 Å². The first-order chi connectivity index (χ1) is 17.3. The van der Waals surface area contributed by atoms with Crippen molar-refractivity contribution in [1.29, 1.82) is 10.8 Å². The van der Waals surface area contributed by atoms with E-state index in [0.717, 1.165) is 48.9 Å². The van der Waals surface area contributed by atoms with E-state index in [0.29, 0.717) is 29.5 Å². The summed E-state index contributed by atoms with van der Waals surface area (Å²) in [5.41, 5.74) is 3.51. The van der Waals surface area contributed by atoms with Crippen LogP contribution in [0.25, 0.3) is 0 Å². The maximum atomic E-state index is 13.8. The molecular weight excluding hydrogens is 484 g/mol. The van der Waals surface area contributed by atoms with E-state index in [2.05, 4.69) is 11.4 Å². The van der Waals surface area contributed by atoms with Gasteiger partial charge >= 0.3 is 0 Å². The standard InChI is InChI=1S/C24H25ClF2N2O.C3H7N3/c25-18-8-17(9-18)16-2-1-3-19(10-16)29-13-22-20(23(26)27)6-15(7-21(22)24(29)30)12-28-11-14-4-5-14;1-6(2-4)3-5/h1-3,6-7,10,14,17-18,23,28H,4-5,8-9,11-13H2;2-5H,1H3. The number of hydrogen-bond acceptors (Lipinski definition) is 4. The quantitative estimate of drug-likeness (QED) is 0.221. The number of carbonyl (C=O) groups excluding carboxylic acids is 1. The number of nitrogens with one attached hydrogen (secondary N) is 3. The molecule has 0 saturated heterocycles. The van der Waals surface area contributed by atoms with E-state index in [1.165, 1.54) is 17.7 Å². The predicted octanol–water partition coefficient (Wildman–Crippen LogP) is 5.90. The maximum Gasteiger partial charge on any atom is 0.264 e. The second kappa shape index (κ2) is 11.5. The van der Waals surface area contributed by atoms with Crippen LogP contribution in [0.15, 0.2) is 36.4 Å². The fourth-order valence-corrected chi connectivity index (χ4v) is 4.98. The fourth-order valence-electron chi connectivity index (χ4n) is 4.55. The number of rotatable bonds is 9. The van der Waals surface area contributed by atoms with Crippen LogP contribution in [0.5, 0.6) is 0 Å². The van der Waals surface area contributed by atoms with E-state index in [1.54, 1.807) is 24.1 Å². The smallest absolute Gasteiger partial charge is 0.264 e. The Kier molecular flexibility index (Phi) is 8.36. The predicted molar refractivity (Wildman–Crippen MR) is 140 cm³/mol. The van der Waals surface area contributed by atoms with Crippen LogP contribution in [-0.2, 0) is 13.1 Å². The molecule has 2 aromatic carbocycles. The highest BCUT2D eigenvalue weighted by Gasteiger charge is 2.34. The van der Waals surface area contributed by atoms with Gasteiger partial charge in [0.05, 0.1) is 19.2 Å². The minimum Gasteiger partial charge on any atom is -0.327 e. The van der Waals surface area contributed by atoms with Crippen LogP contribution in [-0.4, -0.2) is 42.5 Å². The summed E-state index contributed by atoms with van der Waals surface area (Å²) in [5.74, 6) is 0.924. The van der Waals surface area contributed by atoms with Crippen LogP contribution in [0, 0.1) is 16.7 Å². The lowest BCUT2D eigenvalue weighted by Crippen LogP contribution is -2.25. The van der Waals surface area contributed by atoms with Gasteiger partial charge in [0.2, 0.25) is 0 Å². The Morgan fingerprint density at radius 1 is 1.19 bits per heavy atom. The van der Waals surface area contributed by atoms with E-state index in [9.17, 15) is 13.6 Å². The maximum absolute atomic E-state index is 13.8. The van der Waals surface area contributed by atoms with Crippen LogP contribution in [0.4, 0.5) is 14.5 Å². The number of halogens is 3. The first-order valence-electron chi connectivity index (χ1n) is 12.2. The van der Waals surface area contributed by atoms with Crippen molar-refractivity contribution in [3.63, 3.8) is 0 Å². The molecule has 2 fully saturated rings. The Labute approximate surface area is 215 Å². The molecule has 0 radical (unpaired) electrons. The van der Waals surface area contributed by atoms with E-state index in [-0.39, 0.29) is 23.4 Å². The largest absolute Gasteiger partial charge is 0.327 e. The van der Waals surface area contributed by atoms with Crippen LogP contribution >= 0.6 is 11.6 Å². The van der Waals surface area contributed by atoms with Crippen molar-refractivity contribution in [2.24, 2.45) is 5.92 Å². The molecule has 1 amide bonds. The molecule has 0 bridgehead atoms. The molecule has 192 valence electrons. The van der Waals surface area contributed by atoms with Gasteiger partial charge in [-0.3, -0.25) is 15.6 Å². The van der Waals surface area contributed by atoms with Gasteiger partial charge < -0.3 is 15.1 Å². The number of hydrogen-bond donors (Lipinski definition) is 3. The zero-order chi connectivity index (χ0) is 25.8. The van der Waals surface area contributed by atoms with Gasteiger partial charge in [0.25, 0.3) is 12.3 Å². The second-order valence-corrected chi connectivity index (χ2v) is 10.4. The highest BCUT2D eigenvalue weighted by molar-refractivity contribution is 6.21. The summed E-state index contributed by atoms with van der Waals surface area (Å²) in [6.07, 6.45) is 3.87. The van der Waals surface area contributed by atoms with Crippen LogP contribution in [0.3, 0.4) is 0 Å². The Balaban J connectivity index is 0.000000455. The lowest BCUT2D eigenvalue weighted by atomic mass is 9.79. The molecule has 2 aromatic rings. The molecule has 3 aliphatic rings. The minimum absolute atomic E-state index is 0.0216. The van der Waals surface area contributed by atoms with E-state index >= 15 is 0 Å². The molecule has 2 aliphatic carbocycles. The Bertz CT molecular complexity index is 1110. The molecule has 0 aromatic heterocycles. The summed E-state index contributed by atoms with van der Waals surface area (Å²) < 4.78 is 27.6. The Hall–Kier alpha value is -2.84. The SMILES string of the molecule is CN(C=N)C=N.O=C1c2cc(CNCC3CC3)cc(C(F)F)c2CN1c1cccc(C2CC(Cl)C2)c1. The molecule has 0 spiro atoms. The number of alkyl halides is 3. The van der Waals surface area contributed by atoms with Crippen molar-refractivity contribution in [2.75, 3.05) is 18.5 Å². The average molecular weight is 516 g/mol. The molecular formula is C27H32ClF2N5O. The molecule has 1 aliphatic heterocycles. The summed E-state index contributed by atoms with van der Waals surface area (Å²) in [6.45, 7) is 1.60. The number of fused-ring (bicyclic) bond motifs is 1.